The van der Waals surface area contributed by atoms with Crippen LogP contribution in [0, 0.1) is 0 Å². The van der Waals surface area contributed by atoms with Crippen molar-refractivity contribution in [3.05, 3.63) is 0 Å². The highest BCUT2D eigenvalue weighted by molar-refractivity contribution is 7.96. The Labute approximate surface area is 175 Å². The average molecular weight is 450 g/mol. The lowest BCUT2D eigenvalue weighted by Crippen LogP contribution is -2.47. The molecule has 0 saturated carbocycles. The fourth-order valence-electron chi connectivity index (χ4n) is 3.43. The lowest BCUT2D eigenvalue weighted by molar-refractivity contribution is -0.189. The number of aliphatic hydroxyl groups is 2. The van der Waals surface area contributed by atoms with E-state index >= 15 is 0 Å². The quantitative estimate of drug-likeness (QED) is 0.394. The monoisotopic (exact) mass is 450 g/mol. The highest BCUT2D eigenvalue weighted by Gasteiger charge is 2.52. The van der Waals surface area contributed by atoms with Gasteiger partial charge < -0.3 is 19.7 Å². The van der Waals surface area contributed by atoms with Gasteiger partial charge in [0.1, 0.15) is 19.6 Å². The first-order valence-electron chi connectivity index (χ1n) is 10.1. The minimum Gasteiger partial charge on any atom is -0.385 e. The Morgan fingerprint density at radius 1 is 1.11 bits per heavy atom. The third kappa shape index (κ3) is 5.73. The number of hydrogen-bond acceptors (Lipinski definition) is 4. The molecule has 1 aliphatic rings. The van der Waals surface area contributed by atoms with E-state index in [1.807, 2.05) is 13.8 Å². The lowest BCUT2D eigenvalue weighted by Gasteiger charge is -2.47. The van der Waals surface area contributed by atoms with E-state index in [1.165, 1.54) is 6.92 Å². The van der Waals surface area contributed by atoms with Crippen molar-refractivity contribution < 1.29 is 19.7 Å². The summed E-state index contributed by atoms with van der Waals surface area (Å²) in [6, 6.07) is -0.993. The van der Waals surface area contributed by atoms with Gasteiger partial charge in [0.2, 0.25) is 0 Å². The minimum absolute atomic E-state index is 0.611. The smallest absolute Gasteiger partial charge is 0.186 e. The second-order valence-electron chi connectivity index (χ2n) is 9.50. The second-order valence-corrected chi connectivity index (χ2v) is 22.9. The molecule has 8 heteroatoms. The summed E-state index contributed by atoms with van der Waals surface area (Å²) in [6.07, 6.45) is 15.0. The van der Waals surface area contributed by atoms with Crippen LogP contribution in [0.3, 0.4) is 0 Å². The van der Waals surface area contributed by atoms with E-state index in [1.54, 1.807) is 0 Å². The van der Waals surface area contributed by atoms with Crippen LogP contribution in [0.25, 0.3) is 0 Å². The molecule has 0 aromatic heterocycles. The van der Waals surface area contributed by atoms with Crippen LogP contribution in [-0.4, -0.2) is 103 Å². The Bertz CT molecular complexity index is 681. The van der Waals surface area contributed by atoms with Crippen LogP contribution in [0.5, 0.6) is 0 Å². The molecule has 164 valence electrons. The zero-order valence-corrected chi connectivity index (χ0v) is 21.7. The van der Waals surface area contributed by atoms with Crippen molar-refractivity contribution in [1.82, 2.24) is 0 Å². The Hall–Kier alpha value is 0.805. The molecule has 4 nitrogen and oxygen atoms in total. The summed E-state index contributed by atoms with van der Waals surface area (Å²) in [5, 5.41) is 20.3. The van der Waals surface area contributed by atoms with Gasteiger partial charge in [0.15, 0.2) is 6.29 Å². The van der Waals surface area contributed by atoms with E-state index in [9.17, 15) is 10.2 Å². The van der Waals surface area contributed by atoms with E-state index in [2.05, 4.69) is 40.0 Å². The Morgan fingerprint density at radius 3 is 1.96 bits per heavy atom. The van der Waals surface area contributed by atoms with Gasteiger partial charge in [-0.15, -0.1) is 26.4 Å². The minimum atomic E-state index is -1.92. The van der Waals surface area contributed by atoms with Crippen LogP contribution >= 0.6 is 20.7 Å². The molecule has 1 rings (SSSR count). The van der Waals surface area contributed by atoms with Crippen molar-refractivity contribution in [3.63, 3.8) is 0 Å². The van der Waals surface area contributed by atoms with Crippen molar-refractivity contribution in [1.29, 1.82) is 0 Å². The maximum Gasteiger partial charge on any atom is 0.186 e. The maximum absolute atomic E-state index is 10.5. The van der Waals surface area contributed by atoms with Crippen molar-refractivity contribution in [3.8, 4) is 0 Å². The number of ether oxygens (including phenoxy) is 2. The van der Waals surface area contributed by atoms with Gasteiger partial charge in [0.25, 0.3) is 0 Å². The molecule has 1 fully saturated rings. The summed E-state index contributed by atoms with van der Waals surface area (Å²) in [5.41, 5.74) is -1.55. The van der Waals surface area contributed by atoms with E-state index in [0.717, 1.165) is 30.3 Å². The van der Waals surface area contributed by atoms with Gasteiger partial charge in [-0.2, -0.15) is 0 Å². The Morgan fingerprint density at radius 2 is 1.61 bits per heavy atom. The molecular formula is C20H42BO4P3. The molecule has 1 heterocycles. The number of rotatable bonds is 10. The molecule has 0 aromatic rings. The van der Waals surface area contributed by atoms with E-state index in [-0.39, 0.29) is 0 Å². The van der Waals surface area contributed by atoms with Gasteiger partial charge in [0, 0.05) is 0 Å². The summed E-state index contributed by atoms with van der Waals surface area (Å²) in [5.74, 6) is 1.97. The molecule has 0 aromatic carbocycles. The molecule has 1 saturated heterocycles. The summed E-state index contributed by atoms with van der Waals surface area (Å²) in [4.78, 5) is 0. The number of hydrogen-bond donors (Lipinski definition) is 2. The Kier molecular flexibility index (Phi) is 8.74. The summed E-state index contributed by atoms with van der Waals surface area (Å²) >= 11 is 0. The van der Waals surface area contributed by atoms with Crippen LogP contribution in [0.15, 0.2) is 0 Å². The molecule has 0 spiro atoms. The van der Waals surface area contributed by atoms with E-state index < -0.39 is 50.0 Å². The third-order valence-electron chi connectivity index (χ3n) is 6.55. The zero-order valence-electron chi connectivity index (χ0n) is 19.0. The van der Waals surface area contributed by atoms with Gasteiger partial charge in [0.05, 0.1) is 11.3 Å². The zero-order chi connectivity index (χ0) is 22.2. The lowest BCUT2D eigenvalue weighted by atomic mass is 9.83. The molecular weight excluding hydrogens is 408 g/mol. The van der Waals surface area contributed by atoms with Crippen LogP contribution in [0.2, 0.25) is 0 Å². The first-order chi connectivity index (χ1) is 12.5. The fraction of sp³-hybridized carbons (Fsp3) is 0.850. The standard InChI is InChI=1S/C20H42BO4P3/c1-11-26(7,8)14-28(10,15-27(9,12-2)13-3)19(4,5)25-17-16(22)20(6,23)18(21)24-17/h16-18,22-23H,7,9-15H2,1-6,8H3/t16-,17-,18-,20-,26?,28?/m1/s1. The first kappa shape index (κ1) is 26.8. The molecule has 2 unspecified atom stereocenters. The second kappa shape index (κ2) is 9.12. The average Bonchev–Trinajstić information content (AvgIpc) is 2.76. The summed E-state index contributed by atoms with van der Waals surface area (Å²) in [6.45, 7) is 9.83. The molecule has 2 N–H and O–H groups in total. The predicted molar refractivity (Wildman–Crippen MR) is 136 cm³/mol. The van der Waals surface area contributed by atoms with Gasteiger partial charge in [-0.25, -0.2) is 0 Å². The highest BCUT2D eigenvalue weighted by Crippen LogP contribution is 2.72. The SMILES string of the molecule is [B][C@@H]1O[C@H](OC(C)(C)P(=C)(CP(=C)(C)CC)CP(=C)(CC)CC)[C@@H](O)[C@@]1(C)O. The van der Waals surface area contributed by atoms with Crippen LogP contribution in [0.1, 0.15) is 41.5 Å². The molecule has 28 heavy (non-hydrogen) atoms. The van der Waals surface area contributed by atoms with Crippen LogP contribution < -0.4 is 0 Å². The number of aliphatic hydroxyl groups excluding tert-OH is 1. The molecule has 6 atom stereocenters. The molecule has 0 aliphatic carbocycles. The van der Waals surface area contributed by atoms with Crippen molar-refractivity contribution in [2.24, 2.45) is 0 Å². The largest absolute Gasteiger partial charge is 0.385 e. The predicted octanol–water partition coefficient (Wildman–Crippen LogP) is 3.66. The Balaban J connectivity index is 3.29. The van der Waals surface area contributed by atoms with Gasteiger partial charge in [-0.1, -0.05) is 34.0 Å². The molecule has 0 amide bonds. The summed E-state index contributed by atoms with van der Waals surface area (Å²) < 4.78 is 12.0. The van der Waals surface area contributed by atoms with Gasteiger partial charge in [-0.3, -0.25) is 0 Å². The van der Waals surface area contributed by atoms with E-state index in [0.29, 0.717) is 0 Å². The van der Waals surface area contributed by atoms with Gasteiger partial charge >= 0.3 is 0 Å². The van der Waals surface area contributed by atoms with Crippen molar-refractivity contribution >= 4 is 47.4 Å². The van der Waals surface area contributed by atoms with Crippen LogP contribution in [0.4, 0.5) is 0 Å². The van der Waals surface area contributed by atoms with E-state index in [4.69, 9.17) is 23.6 Å². The van der Waals surface area contributed by atoms with Crippen molar-refractivity contribution in [2.45, 2.75) is 70.9 Å². The van der Waals surface area contributed by atoms with Crippen LogP contribution in [-0.2, 0) is 9.47 Å². The molecule has 1 aliphatic heterocycles. The molecule has 2 radical (unpaired) electrons. The fourth-order valence-corrected chi connectivity index (χ4v) is 20.3. The highest BCUT2D eigenvalue weighted by atomic mass is 31.2. The normalized spacial score (nSPS) is 33.4. The van der Waals surface area contributed by atoms with Gasteiger partial charge in [-0.05, 0) is 57.7 Å². The first-order valence-corrected chi connectivity index (χ1v) is 17.8. The maximum atomic E-state index is 10.5. The summed E-state index contributed by atoms with van der Waals surface area (Å²) in [7, 11) is 5.86. The topological polar surface area (TPSA) is 58.9 Å². The van der Waals surface area contributed by atoms with Crippen molar-refractivity contribution in [2.75, 3.05) is 37.0 Å². The third-order valence-corrected chi connectivity index (χ3v) is 22.6. The molecule has 0 bridgehead atoms.